The highest BCUT2D eigenvalue weighted by Gasteiger charge is 2.14. The number of hydrogen-bond acceptors (Lipinski definition) is 1. The van der Waals surface area contributed by atoms with E-state index < -0.39 is 5.97 Å². The lowest BCUT2D eigenvalue weighted by Gasteiger charge is -2.14. The van der Waals surface area contributed by atoms with Crippen LogP contribution in [0.5, 0.6) is 0 Å². The average molecular weight is 170 g/mol. The van der Waals surface area contributed by atoms with Crippen LogP contribution in [0, 0.1) is 5.92 Å². The third-order valence-corrected chi connectivity index (χ3v) is 1.95. The Bertz CT molecular complexity index is 171. The summed E-state index contributed by atoms with van der Waals surface area (Å²) < 4.78 is 0. The molecule has 70 valence electrons. The molecule has 1 aliphatic carbocycles. The van der Waals surface area contributed by atoms with Crippen molar-refractivity contribution in [2.24, 2.45) is 5.92 Å². The van der Waals surface area contributed by atoms with Gasteiger partial charge in [0.15, 0.2) is 0 Å². The summed E-state index contributed by atoms with van der Waals surface area (Å²) in [5.41, 5.74) is 0.595. The van der Waals surface area contributed by atoms with Gasteiger partial charge in [-0.25, -0.2) is 4.79 Å². The molecule has 0 aromatic heterocycles. The molecule has 0 amide bonds. The first kappa shape index (κ1) is 11.2. The van der Waals surface area contributed by atoms with Crippen molar-refractivity contribution >= 4 is 5.97 Å². The maximum atomic E-state index is 10.4. The molecule has 0 bridgehead atoms. The molecule has 2 heteroatoms. The molecule has 1 N–H and O–H groups in total. The zero-order valence-electron chi connectivity index (χ0n) is 8.13. The fourth-order valence-corrected chi connectivity index (χ4v) is 1.16. The van der Waals surface area contributed by atoms with Gasteiger partial charge in [0.05, 0.1) is 0 Å². The Hall–Kier alpha value is -0.790. The minimum absolute atomic E-state index is 0.595. The molecule has 2 nitrogen and oxygen atoms in total. The standard InChI is InChI=1S/C8H12O2.C2H6/c1-6-2-4-7(5-3-6)8(9)10;1-2/h4,6H,2-3,5H2,1H3,(H,9,10);1-2H3. The van der Waals surface area contributed by atoms with Gasteiger partial charge in [-0.2, -0.15) is 0 Å². The topological polar surface area (TPSA) is 37.3 Å². The van der Waals surface area contributed by atoms with E-state index in [0.29, 0.717) is 11.5 Å². The summed E-state index contributed by atoms with van der Waals surface area (Å²) in [6, 6.07) is 0. The van der Waals surface area contributed by atoms with Gasteiger partial charge >= 0.3 is 5.97 Å². The van der Waals surface area contributed by atoms with E-state index in [0.717, 1.165) is 19.3 Å². The highest BCUT2D eigenvalue weighted by molar-refractivity contribution is 5.86. The largest absolute Gasteiger partial charge is 0.478 e. The van der Waals surface area contributed by atoms with E-state index in [4.69, 9.17) is 5.11 Å². The van der Waals surface area contributed by atoms with Crippen molar-refractivity contribution in [3.63, 3.8) is 0 Å². The van der Waals surface area contributed by atoms with E-state index in [1.165, 1.54) is 0 Å². The molecular weight excluding hydrogens is 152 g/mol. The van der Waals surface area contributed by atoms with Crippen molar-refractivity contribution in [2.45, 2.75) is 40.0 Å². The molecule has 0 aromatic rings. The molecule has 1 unspecified atom stereocenters. The lowest BCUT2D eigenvalue weighted by molar-refractivity contribution is -0.132. The van der Waals surface area contributed by atoms with E-state index in [1.54, 1.807) is 0 Å². The van der Waals surface area contributed by atoms with E-state index in [9.17, 15) is 4.79 Å². The highest BCUT2D eigenvalue weighted by atomic mass is 16.4. The minimum atomic E-state index is -0.744. The molecule has 0 aliphatic heterocycles. The third-order valence-electron chi connectivity index (χ3n) is 1.95. The summed E-state index contributed by atoms with van der Waals surface area (Å²) >= 11 is 0. The molecule has 0 aromatic carbocycles. The smallest absolute Gasteiger partial charge is 0.331 e. The summed E-state index contributed by atoms with van der Waals surface area (Å²) in [6.45, 7) is 6.15. The van der Waals surface area contributed by atoms with Crippen molar-refractivity contribution in [2.75, 3.05) is 0 Å². The van der Waals surface area contributed by atoms with Gasteiger partial charge in [0.1, 0.15) is 0 Å². The highest BCUT2D eigenvalue weighted by Crippen LogP contribution is 2.22. The summed E-state index contributed by atoms with van der Waals surface area (Å²) in [5.74, 6) is -0.0741. The second kappa shape index (κ2) is 5.81. The van der Waals surface area contributed by atoms with Crippen LogP contribution in [-0.4, -0.2) is 11.1 Å². The Morgan fingerprint density at radius 3 is 2.50 bits per heavy atom. The molecule has 0 saturated heterocycles. The summed E-state index contributed by atoms with van der Waals surface area (Å²) in [7, 11) is 0. The van der Waals surface area contributed by atoms with E-state index in [1.807, 2.05) is 19.9 Å². The first-order valence-electron chi connectivity index (χ1n) is 4.62. The van der Waals surface area contributed by atoms with Crippen LogP contribution in [0.3, 0.4) is 0 Å². The van der Waals surface area contributed by atoms with Gasteiger partial charge < -0.3 is 5.11 Å². The second-order valence-corrected chi connectivity index (χ2v) is 2.91. The second-order valence-electron chi connectivity index (χ2n) is 2.91. The van der Waals surface area contributed by atoms with Crippen molar-refractivity contribution in [3.8, 4) is 0 Å². The van der Waals surface area contributed by atoms with Crippen molar-refractivity contribution in [1.82, 2.24) is 0 Å². The first-order chi connectivity index (χ1) is 5.70. The molecule has 0 radical (unpaired) electrons. The van der Waals surface area contributed by atoms with Gasteiger partial charge in [-0.15, -0.1) is 0 Å². The maximum absolute atomic E-state index is 10.4. The molecular formula is C10H18O2. The monoisotopic (exact) mass is 170 g/mol. The minimum Gasteiger partial charge on any atom is -0.478 e. The Morgan fingerprint density at radius 1 is 1.58 bits per heavy atom. The lowest BCUT2D eigenvalue weighted by atomic mass is 9.91. The number of carbonyl (C=O) groups is 1. The number of rotatable bonds is 1. The summed E-state index contributed by atoms with van der Waals surface area (Å²) in [5, 5.41) is 8.56. The predicted octanol–water partition coefficient (Wildman–Crippen LogP) is 2.84. The van der Waals surface area contributed by atoms with Gasteiger partial charge in [-0.3, -0.25) is 0 Å². The van der Waals surface area contributed by atoms with Gasteiger partial charge in [0.2, 0.25) is 0 Å². The number of carboxylic acid groups (broad SMARTS) is 1. The molecule has 1 rings (SSSR count). The summed E-state index contributed by atoms with van der Waals surface area (Å²) in [4.78, 5) is 10.4. The summed E-state index contributed by atoms with van der Waals surface area (Å²) in [6.07, 6.45) is 4.55. The fraction of sp³-hybridized carbons (Fsp3) is 0.700. The molecule has 0 fully saturated rings. The SMILES string of the molecule is CC.CC1CC=C(C(=O)O)CC1. The number of allylic oxidation sites excluding steroid dienone is 1. The van der Waals surface area contributed by atoms with Crippen LogP contribution in [0.25, 0.3) is 0 Å². The van der Waals surface area contributed by atoms with Crippen LogP contribution >= 0.6 is 0 Å². The molecule has 0 spiro atoms. The van der Waals surface area contributed by atoms with E-state index in [2.05, 4.69) is 6.92 Å². The van der Waals surface area contributed by atoms with Crippen LogP contribution in [0.2, 0.25) is 0 Å². The first-order valence-corrected chi connectivity index (χ1v) is 4.62. The predicted molar refractivity (Wildman–Crippen MR) is 50.1 cm³/mol. The van der Waals surface area contributed by atoms with Crippen LogP contribution in [0.1, 0.15) is 40.0 Å². The molecule has 0 saturated carbocycles. The van der Waals surface area contributed by atoms with Crippen LogP contribution in [-0.2, 0) is 4.79 Å². The Labute approximate surface area is 74.3 Å². The lowest BCUT2D eigenvalue weighted by Crippen LogP contribution is -2.08. The molecule has 0 heterocycles. The fourth-order valence-electron chi connectivity index (χ4n) is 1.16. The number of aliphatic carboxylic acids is 1. The molecule has 1 atom stereocenters. The molecule has 12 heavy (non-hydrogen) atoms. The van der Waals surface area contributed by atoms with Crippen LogP contribution in [0.4, 0.5) is 0 Å². The van der Waals surface area contributed by atoms with Gasteiger partial charge in [-0.1, -0.05) is 26.8 Å². The average Bonchev–Trinajstić information content (AvgIpc) is 2.09. The maximum Gasteiger partial charge on any atom is 0.331 e. The number of hydrogen-bond donors (Lipinski definition) is 1. The van der Waals surface area contributed by atoms with Crippen molar-refractivity contribution in [1.29, 1.82) is 0 Å². The Morgan fingerprint density at radius 2 is 2.17 bits per heavy atom. The van der Waals surface area contributed by atoms with Gasteiger partial charge in [-0.05, 0) is 25.2 Å². The van der Waals surface area contributed by atoms with Gasteiger partial charge in [0.25, 0.3) is 0 Å². The van der Waals surface area contributed by atoms with Crippen molar-refractivity contribution < 1.29 is 9.90 Å². The Balaban J connectivity index is 0.000000561. The van der Waals surface area contributed by atoms with E-state index in [-0.39, 0.29) is 0 Å². The molecule has 1 aliphatic rings. The zero-order valence-corrected chi connectivity index (χ0v) is 8.13. The van der Waals surface area contributed by atoms with Crippen molar-refractivity contribution in [3.05, 3.63) is 11.6 Å². The quantitative estimate of drug-likeness (QED) is 0.657. The zero-order chi connectivity index (χ0) is 9.56. The Kier molecular flexibility index (Phi) is 5.43. The van der Waals surface area contributed by atoms with Crippen LogP contribution in [0.15, 0.2) is 11.6 Å². The number of carboxylic acids is 1. The van der Waals surface area contributed by atoms with E-state index >= 15 is 0 Å². The normalized spacial score (nSPS) is 21.9. The van der Waals surface area contributed by atoms with Gasteiger partial charge in [0, 0.05) is 5.57 Å². The third kappa shape index (κ3) is 3.56. The van der Waals surface area contributed by atoms with Crippen LogP contribution < -0.4 is 0 Å².